The monoisotopic (exact) mass is 365 g/mol. The summed E-state index contributed by atoms with van der Waals surface area (Å²) in [6.45, 7) is 1.84. The van der Waals surface area contributed by atoms with Crippen molar-refractivity contribution in [3.05, 3.63) is 82.9 Å². The highest BCUT2D eigenvalue weighted by Gasteiger charge is 2.12. The van der Waals surface area contributed by atoms with E-state index in [-0.39, 0.29) is 11.3 Å². The van der Waals surface area contributed by atoms with Crippen molar-refractivity contribution in [2.45, 2.75) is 6.92 Å². The van der Waals surface area contributed by atoms with Crippen molar-refractivity contribution in [3.63, 3.8) is 0 Å². The number of halogens is 1. The standard InChI is InChI=1S/C21H16ClNO3/c1-13(15-7-6-14-4-2-3-5-16(14)11-15)10-20(24)23-19-9-8-17(22)12-18(19)21(25)26/h2-12H,1H3,(H,23,24)(H,25,26)/b13-10-. The van der Waals surface area contributed by atoms with Crippen LogP contribution in [0.4, 0.5) is 5.69 Å². The SMILES string of the molecule is C/C(=C/C(=O)Nc1ccc(Cl)cc1C(=O)O)c1ccc2ccccc2c1. The number of anilines is 1. The second kappa shape index (κ2) is 7.42. The summed E-state index contributed by atoms with van der Waals surface area (Å²) in [5, 5.41) is 14.3. The molecule has 0 aliphatic heterocycles. The minimum absolute atomic E-state index is 0.0531. The van der Waals surface area contributed by atoms with Crippen LogP contribution in [-0.4, -0.2) is 17.0 Å². The molecule has 0 spiro atoms. The van der Waals surface area contributed by atoms with Crippen LogP contribution in [0.1, 0.15) is 22.8 Å². The number of hydrogen-bond acceptors (Lipinski definition) is 2. The Balaban J connectivity index is 1.85. The van der Waals surface area contributed by atoms with Gasteiger partial charge in [0.15, 0.2) is 0 Å². The third kappa shape index (κ3) is 3.92. The minimum atomic E-state index is -1.15. The van der Waals surface area contributed by atoms with E-state index in [0.29, 0.717) is 5.02 Å². The lowest BCUT2D eigenvalue weighted by Gasteiger charge is -2.08. The molecule has 0 saturated heterocycles. The maximum atomic E-state index is 12.3. The van der Waals surface area contributed by atoms with Crippen molar-refractivity contribution in [1.82, 2.24) is 0 Å². The normalized spacial score (nSPS) is 11.4. The van der Waals surface area contributed by atoms with Gasteiger partial charge in [0.25, 0.3) is 0 Å². The van der Waals surface area contributed by atoms with Crippen LogP contribution in [0.15, 0.2) is 66.7 Å². The zero-order valence-electron chi connectivity index (χ0n) is 14.0. The number of hydrogen-bond donors (Lipinski definition) is 2. The highest BCUT2D eigenvalue weighted by Crippen LogP contribution is 2.23. The summed E-state index contributed by atoms with van der Waals surface area (Å²) in [4.78, 5) is 23.6. The average Bonchev–Trinajstić information content (AvgIpc) is 2.62. The van der Waals surface area contributed by atoms with Crippen LogP contribution in [0.25, 0.3) is 16.3 Å². The zero-order valence-corrected chi connectivity index (χ0v) is 14.7. The zero-order chi connectivity index (χ0) is 18.7. The molecular formula is C21H16ClNO3. The summed E-state index contributed by atoms with van der Waals surface area (Å²) in [5.74, 6) is -1.56. The molecule has 5 heteroatoms. The topological polar surface area (TPSA) is 66.4 Å². The second-order valence-corrected chi connectivity index (χ2v) is 6.31. The third-order valence-electron chi connectivity index (χ3n) is 4.02. The van der Waals surface area contributed by atoms with Gasteiger partial charge in [-0.25, -0.2) is 4.79 Å². The van der Waals surface area contributed by atoms with Gasteiger partial charge in [0.2, 0.25) is 5.91 Å². The van der Waals surface area contributed by atoms with Gasteiger partial charge in [0.1, 0.15) is 0 Å². The summed E-state index contributed by atoms with van der Waals surface area (Å²) in [5.41, 5.74) is 1.85. The lowest BCUT2D eigenvalue weighted by atomic mass is 10.0. The summed E-state index contributed by atoms with van der Waals surface area (Å²) >= 11 is 5.82. The summed E-state index contributed by atoms with van der Waals surface area (Å²) < 4.78 is 0. The van der Waals surface area contributed by atoms with Crippen LogP contribution in [0.3, 0.4) is 0 Å². The number of amides is 1. The molecule has 0 unspecified atom stereocenters. The molecule has 3 rings (SSSR count). The fourth-order valence-electron chi connectivity index (χ4n) is 2.69. The highest BCUT2D eigenvalue weighted by molar-refractivity contribution is 6.31. The minimum Gasteiger partial charge on any atom is -0.478 e. The van der Waals surface area contributed by atoms with Gasteiger partial charge in [-0.1, -0.05) is 48.0 Å². The van der Waals surface area contributed by atoms with Gasteiger partial charge in [0.05, 0.1) is 11.3 Å². The average molecular weight is 366 g/mol. The number of benzene rings is 3. The summed E-state index contributed by atoms with van der Waals surface area (Å²) in [6, 6.07) is 18.3. The van der Waals surface area contributed by atoms with E-state index < -0.39 is 11.9 Å². The Morgan fingerprint density at radius 2 is 1.73 bits per heavy atom. The number of rotatable bonds is 4. The van der Waals surface area contributed by atoms with E-state index in [1.54, 1.807) is 0 Å². The Morgan fingerprint density at radius 1 is 1.00 bits per heavy atom. The first-order valence-corrected chi connectivity index (χ1v) is 8.33. The van der Waals surface area contributed by atoms with E-state index in [2.05, 4.69) is 5.32 Å². The fraction of sp³-hybridized carbons (Fsp3) is 0.0476. The van der Waals surface area contributed by atoms with Crippen LogP contribution in [0, 0.1) is 0 Å². The molecule has 130 valence electrons. The number of carbonyl (C=O) groups excluding carboxylic acids is 1. The van der Waals surface area contributed by atoms with Gasteiger partial charge in [-0.2, -0.15) is 0 Å². The van der Waals surface area contributed by atoms with Crippen LogP contribution < -0.4 is 5.32 Å². The molecule has 4 nitrogen and oxygen atoms in total. The molecule has 3 aromatic carbocycles. The van der Waals surface area contributed by atoms with Crippen molar-refractivity contribution < 1.29 is 14.7 Å². The van der Waals surface area contributed by atoms with Crippen molar-refractivity contribution in [1.29, 1.82) is 0 Å². The molecule has 0 heterocycles. The molecule has 0 saturated carbocycles. The molecule has 0 atom stereocenters. The van der Waals surface area contributed by atoms with E-state index >= 15 is 0 Å². The largest absolute Gasteiger partial charge is 0.478 e. The van der Waals surface area contributed by atoms with Gasteiger partial charge in [-0.15, -0.1) is 0 Å². The molecule has 0 radical (unpaired) electrons. The second-order valence-electron chi connectivity index (χ2n) is 5.87. The molecule has 0 fully saturated rings. The first-order valence-electron chi connectivity index (χ1n) is 7.95. The number of fused-ring (bicyclic) bond motifs is 1. The predicted octanol–water partition coefficient (Wildman–Crippen LogP) is 5.23. The van der Waals surface area contributed by atoms with Gasteiger partial charge in [-0.05, 0) is 53.1 Å². The van der Waals surface area contributed by atoms with Crippen LogP contribution in [-0.2, 0) is 4.79 Å². The molecular weight excluding hydrogens is 350 g/mol. The lowest BCUT2D eigenvalue weighted by molar-refractivity contribution is -0.111. The van der Waals surface area contributed by atoms with Crippen LogP contribution in [0.2, 0.25) is 5.02 Å². The van der Waals surface area contributed by atoms with Crippen LogP contribution in [0.5, 0.6) is 0 Å². The number of carboxylic acid groups (broad SMARTS) is 1. The molecule has 3 aromatic rings. The van der Waals surface area contributed by atoms with E-state index in [4.69, 9.17) is 11.6 Å². The Hall–Kier alpha value is -3.11. The number of allylic oxidation sites excluding steroid dienone is 1. The smallest absolute Gasteiger partial charge is 0.337 e. The van der Waals surface area contributed by atoms with Crippen molar-refractivity contribution in [2.75, 3.05) is 5.32 Å². The van der Waals surface area contributed by atoms with Crippen molar-refractivity contribution >= 4 is 45.5 Å². The van der Waals surface area contributed by atoms with E-state index in [9.17, 15) is 14.7 Å². The molecule has 2 N–H and O–H groups in total. The Labute approximate surface area is 155 Å². The highest BCUT2D eigenvalue weighted by atomic mass is 35.5. The van der Waals surface area contributed by atoms with E-state index in [0.717, 1.165) is 21.9 Å². The number of nitrogens with one attached hydrogen (secondary N) is 1. The number of aromatic carboxylic acids is 1. The number of carbonyl (C=O) groups is 2. The molecule has 0 bridgehead atoms. The summed E-state index contributed by atoms with van der Waals surface area (Å²) in [7, 11) is 0. The first-order chi connectivity index (χ1) is 12.4. The Morgan fingerprint density at radius 3 is 2.46 bits per heavy atom. The van der Waals surface area contributed by atoms with Crippen molar-refractivity contribution in [2.24, 2.45) is 0 Å². The quantitative estimate of drug-likeness (QED) is 0.622. The summed E-state index contributed by atoms with van der Waals surface area (Å²) in [6.07, 6.45) is 1.45. The molecule has 0 aliphatic carbocycles. The van der Waals surface area contributed by atoms with Gasteiger partial charge in [0, 0.05) is 11.1 Å². The van der Waals surface area contributed by atoms with Gasteiger partial charge < -0.3 is 10.4 Å². The number of carboxylic acids is 1. The third-order valence-corrected chi connectivity index (χ3v) is 4.26. The van der Waals surface area contributed by atoms with E-state index in [1.807, 2.05) is 49.4 Å². The maximum Gasteiger partial charge on any atom is 0.337 e. The molecule has 1 amide bonds. The fourth-order valence-corrected chi connectivity index (χ4v) is 2.86. The molecule has 26 heavy (non-hydrogen) atoms. The van der Waals surface area contributed by atoms with E-state index in [1.165, 1.54) is 24.3 Å². The van der Waals surface area contributed by atoms with Crippen molar-refractivity contribution in [3.8, 4) is 0 Å². The first kappa shape index (κ1) is 17.7. The van der Waals surface area contributed by atoms with Crippen LogP contribution >= 0.6 is 11.6 Å². The lowest BCUT2D eigenvalue weighted by Crippen LogP contribution is -2.12. The maximum absolute atomic E-state index is 12.3. The molecule has 0 aliphatic rings. The predicted molar refractivity (Wildman–Crippen MR) is 105 cm³/mol. The Bertz CT molecular complexity index is 1040. The Kier molecular flexibility index (Phi) is 5.05. The van der Waals surface area contributed by atoms with Gasteiger partial charge >= 0.3 is 5.97 Å². The molecule has 0 aromatic heterocycles. The van der Waals surface area contributed by atoms with Gasteiger partial charge in [-0.3, -0.25) is 4.79 Å².